The average molecular weight is 289 g/mol. The van der Waals surface area contributed by atoms with E-state index in [1.165, 1.54) is 6.39 Å². The Morgan fingerprint density at radius 3 is 3.15 bits per heavy atom. The summed E-state index contributed by atoms with van der Waals surface area (Å²) in [4.78, 5) is 19.5. The molecule has 20 heavy (non-hydrogen) atoms. The number of nitrogens with zero attached hydrogens (tertiary/aromatic N) is 3. The second kappa shape index (κ2) is 5.66. The van der Waals surface area contributed by atoms with Crippen molar-refractivity contribution in [1.29, 1.82) is 0 Å². The zero-order valence-electron chi connectivity index (χ0n) is 11.2. The quantitative estimate of drug-likeness (QED) is 0.812. The van der Waals surface area contributed by atoms with Crippen LogP contribution in [0.15, 0.2) is 40.1 Å². The molecule has 104 valence electrons. The van der Waals surface area contributed by atoms with Gasteiger partial charge in [0.2, 0.25) is 6.39 Å². The van der Waals surface area contributed by atoms with Crippen molar-refractivity contribution in [3.63, 3.8) is 0 Å². The highest BCUT2D eigenvalue weighted by Crippen LogP contribution is 2.26. The molecule has 0 saturated carbocycles. The molecule has 5 nitrogen and oxygen atoms in total. The summed E-state index contributed by atoms with van der Waals surface area (Å²) < 4.78 is 4.77. The summed E-state index contributed by atoms with van der Waals surface area (Å²) in [5, 5.41) is 3.86. The van der Waals surface area contributed by atoms with Crippen LogP contribution in [0.2, 0.25) is 0 Å². The zero-order valence-corrected chi connectivity index (χ0v) is 12.0. The van der Waals surface area contributed by atoms with Crippen molar-refractivity contribution < 1.29 is 9.32 Å². The van der Waals surface area contributed by atoms with E-state index in [1.54, 1.807) is 11.8 Å². The Bertz CT molecular complexity index is 600. The first kappa shape index (κ1) is 13.2. The predicted octanol–water partition coefficient (Wildman–Crippen LogP) is 2.42. The Balaban J connectivity index is 1.72. The van der Waals surface area contributed by atoms with Crippen LogP contribution >= 0.6 is 11.8 Å². The first-order valence-corrected chi connectivity index (χ1v) is 7.70. The van der Waals surface area contributed by atoms with Gasteiger partial charge in [0.05, 0.1) is 0 Å². The van der Waals surface area contributed by atoms with Gasteiger partial charge in [-0.15, -0.1) is 11.8 Å². The first-order valence-electron chi connectivity index (χ1n) is 6.47. The van der Waals surface area contributed by atoms with E-state index < -0.39 is 0 Å². The maximum Gasteiger partial charge on any atom is 0.253 e. The van der Waals surface area contributed by atoms with Gasteiger partial charge in [-0.05, 0) is 30.9 Å². The molecule has 2 heterocycles. The van der Waals surface area contributed by atoms with Crippen molar-refractivity contribution in [3.8, 4) is 0 Å². The van der Waals surface area contributed by atoms with Crippen LogP contribution in [0.5, 0.6) is 0 Å². The highest BCUT2D eigenvalue weighted by Gasteiger charge is 2.30. The van der Waals surface area contributed by atoms with Crippen LogP contribution in [0.1, 0.15) is 28.5 Å². The Hall–Kier alpha value is -1.82. The highest BCUT2D eigenvalue weighted by molar-refractivity contribution is 7.98. The SMILES string of the molecule is CSc1cccc(C(=O)N2CC[C@H](c3ncon3)C2)c1. The number of aromatic nitrogens is 2. The maximum atomic E-state index is 12.5. The lowest BCUT2D eigenvalue weighted by Crippen LogP contribution is -2.28. The third-order valence-corrected chi connectivity index (χ3v) is 4.26. The van der Waals surface area contributed by atoms with Crippen LogP contribution in [-0.2, 0) is 0 Å². The fraction of sp³-hybridized carbons (Fsp3) is 0.357. The van der Waals surface area contributed by atoms with E-state index >= 15 is 0 Å². The number of hydrogen-bond donors (Lipinski definition) is 0. The van der Waals surface area contributed by atoms with Crippen LogP contribution in [0, 0.1) is 0 Å². The van der Waals surface area contributed by atoms with Crippen LogP contribution < -0.4 is 0 Å². The Labute approximate surface area is 121 Å². The number of rotatable bonds is 3. The standard InChI is InChI=1S/C14H15N3O2S/c1-20-12-4-2-3-10(7-12)14(18)17-6-5-11(8-17)13-15-9-19-16-13/h2-4,7,9,11H,5-6,8H2,1H3/t11-/m0/s1. The molecule has 1 atom stereocenters. The number of amides is 1. The van der Waals surface area contributed by atoms with Gasteiger partial charge in [0.25, 0.3) is 5.91 Å². The summed E-state index contributed by atoms with van der Waals surface area (Å²) in [6.07, 6.45) is 4.22. The smallest absolute Gasteiger partial charge is 0.253 e. The number of thioether (sulfide) groups is 1. The first-order chi connectivity index (χ1) is 9.78. The average Bonchev–Trinajstić information content (AvgIpc) is 3.17. The summed E-state index contributed by atoms with van der Waals surface area (Å²) in [7, 11) is 0. The van der Waals surface area contributed by atoms with Gasteiger partial charge in [-0.2, -0.15) is 4.98 Å². The lowest BCUT2D eigenvalue weighted by atomic mass is 10.1. The lowest BCUT2D eigenvalue weighted by molar-refractivity contribution is 0.0790. The van der Waals surface area contributed by atoms with Gasteiger partial charge in [-0.25, -0.2) is 0 Å². The van der Waals surface area contributed by atoms with E-state index in [0.717, 1.165) is 23.4 Å². The van der Waals surface area contributed by atoms with Crippen LogP contribution in [0.4, 0.5) is 0 Å². The molecule has 0 spiro atoms. The van der Waals surface area contributed by atoms with E-state index in [0.29, 0.717) is 12.4 Å². The van der Waals surface area contributed by atoms with Gasteiger partial charge >= 0.3 is 0 Å². The van der Waals surface area contributed by atoms with Crippen molar-refractivity contribution in [2.24, 2.45) is 0 Å². The molecule has 3 rings (SSSR count). The summed E-state index contributed by atoms with van der Waals surface area (Å²) in [6.45, 7) is 1.39. The zero-order chi connectivity index (χ0) is 13.9. The summed E-state index contributed by atoms with van der Waals surface area (Å²) in [5.41, 5.74) is 0.741. The molecule has 1 aliphatic rings. The fourth-order valence-electron chi connectivity index (χ4n) is 2.45. The number of hydrogen-bond acceptors (Lipinski definition) is 5. The second-order valence-electron chi connectivity index (χ2n) is 4.76. The van der Waals surface area contributed by atoms with Gasteiger partial charge in [-0.1, -0.05) is 11.2 Å². The minimum Gasteiger partial charge on any atom is -0.343 e. The monoisotopic (exact) mass is 289 g/mol. The Morgan fingerprint density at radius 2 is 2.40 bits per heavy atom. The van der Waals surface area contributed by atoms with Crippen molar-refractivity contribution in [2.75, 3.05) is 19.3 Å². The third kappa shape index (κ3) is 2.56. The molecular formula is C14H15N3O2S. The normalized spacial score (nSPS) is 18.4. The van der Waals surface area contributed by atoms with Crippen LogP contribution in [-0.4, -0.2) is 40.3 Å². The van der Waals surface area contributed by atoms with Crippen molar-refractivity contribution >= 4 is 17.7 Å². The number of carbonyl (C=O) groups excluding carboxylic acids is 1. The van der Waals surface area contributed by atoms with Gasteiger partial charge in [-0.3, -0.25) is 4.79 Å². The molecule has 2 aromatic rings. The molecule has 1 amide bonds. The largest absolute Gasteiger partial charge is 0.343 e. The van der Waals surface area contributed by atoms with Gasteiger partial charge in [0.15, 0.2) is 5.82 Å². The van der Waals surface area contributed by atoms with Crippen LogP contribution in [0.25, 0.3) is 0 Å². The van der Waals surface area contributed by atoms with E-state index in [1.807, 2.05) is 35.4 Å². The fourth-order valence-corrected chi connectivity index (χ4v) is 2.91. The molecule has 1 fully saturated rings. The van der Waals surface area contributed by atoms with Crippen molar-refractivity contribution in [2.45, 2.75) is 17.2 Å². The van der Waals surface area contributed by atoms with E-state index in [-0.39, 0.29) is 11.8 Å². The van der Waals surface area contributed by atoms with E-state index in [9.17, 15) is 4.79 Å². The summed E-state index contributed by atoms with van der Waals surface area (Å²) >= 11 is 1.64. The summed E-state index contributed by atoms with van der Waals surface area (Å²) in [6, 6.07) is 7.73. The summed E-state index contributed by atoms with van der Waals surface area (Å²) in [5.74, 6) is 0.950. The lowest BCUT2D eigenvalue weighted by Gasteiger charge is -2.16. The van der Waals surface area contributed by atoms with Gasteiger partial charge in [0.1, 0.15) is 0 Å². The minimum atomic E-state index is 0.0758. The van der Waals surface area contributed by atoms with Crippen molar-refractivity contribution in [3.05, 3.63) is 42.0 Å². The topological polar surface area (TPSA) is 59.2 Å². The number of benzene rings is 1. The van der Waals surface area contributed by atoms with Gasteiger partial charge < -0.3 is 9.42 Å². The van der Waals surface area contributed by atoms with E-state index in [2.05, 4.69) is 10.1 Å². The van der Waals surface area contributed by atoms with E-state index in [4.69, 9.17) is 4.52 Å². The molecular weight excluding hydrogens is 274 g/mol. The molecule has 6 heteroatoms. The van der Waals surface area contributed by atoms with Crippen LogP contribution in [0.3, 0.4) is 0 Å². The minimum absolute atomic E-state index is 0.0758. The highest BCUT2D eigenvalue weighted by atomic mass is 32.2. The molecule has 0 N–H and O–H groups in total. The molecule has 1 saturated heterocycles. The third-order valence-electron chi connectivity index (χ3n) is 3.54. The predicted molar refractivity (Wildman–Crippen MR) is 75.8 cm³/mol. The molecule has 0 bridgehead atoms. The Morgan fingerprint density at radius 1 is 1.50 bits per heavy atom. The van der Waals surface area contributed by atoms with Gasteiger partial charge in [0, 0.05) is 29.5 Å². The molecule has 1 aromatic carbocycles. The molecule has 1 aliphatic heterocycles. The molecule has 0 radical (unpaired) electrons. The van der Waals surface area contributed by atoms with Crippen molar-refractivity contribution in [1.82, 2.24) is 15.0 Å². The maximum absolute atomic E-state index is 12.5. The number of carbonyl (C=O) groups is 1. The Kier molecular flexibility index (Phi) is 3.73. The molecule has 1 aromatic heterocycles. The molecule has 0 aliphatic carbocycles. The number of likely N-dealkylation sites (tertiary alicyclic amines) is 1. The second-order valence-corrected chi connectivity index (χ2v) is 5.64. The molecule has 0 unspecified atom stereocenters.